The molecule has 0 aliphatic carbocycles. The molecule has 0 aromatic heterocycles. The SMILES string of the molecule is Nc1cc(Cl)ccc1C(=O)Cc1cccc(Cl)c1Cl. The smallest absolute Gasteiger partial charge is 0.169 e. The highest BCUT2D eigenvalue weighted by atomic mass is 35.5. The maximum absolute atomic E-state index is 12.2. The average molecular weight is 315 g/mol. The minimum atomic E-state index is -0.127. The Bertz CT molecular complexity index is 641. The summed E-state index contributed by atoms with van der Waals surface area (Å²) in [4.78, 5) is 12.2. The van der Waals surface area contributed by atoms with Gasteiger partial charge in [-0.2, -0.15) is 0 Å². The van der Waals surface area contributed by atoms with E-state index in [1.165, 1.54) is 0 Å². The maximum atomic E-state index is 12.2. The Kier molecular flexibility index (Phi) is 4.35. The molecule has 19 heavy (non-hydrogen) atoms. The Morgan fingerprint density at radius 1 is 1.11 bits per heavy atom. The van der Waals surface area contributed by atoms with Crippen LogP contribution in [0.15, 0.2) is 36.4 Å². The third kappa shape index (κ3) is 3.21. The monoisotopic (exact) mass is 313 g/mol. The van der Waals surface area contributed by atoms with Gasteiger partial charge in [-0.15, -0.1) is 0 Å². The molecule has 98 valence electrons. The molecule has 0 saturated carbocycles. The molecular formula is C14H10Cl3NO. The number of nitrogen functional groups attached to an aromatic ring is 1. The van der Waals surface area contributed by atoms with Crippen LogP contribution in [0.3, 0.4) is 0 Å². The Balaban J connectivity index is 2.28. The molecule has 2 rings (SSSR count). The molecule has 0 heterocycles. The summed E-state index contributed by atoms with van der Waals surface area (Å²) in [5, 5.41) is 1.32. The van der Waals surface area contributed by atoms with E-state index in [1.54, 1.807) is 36.4 Å². The normalized spacial score (nSPS) is 10.5. The average Bonchev–Trinajstić information content (AvgIpc) is 2.34. The molecule has 0 amide bonds. The number of ketones is 1. The fourth-order valence-corrected chi connectivity index (χ4v) is 2.31. The first-order chi connectivity index (χ1) is 8.99. The van der Waals surface area contributed by atoms with Crippen molar-refractivity contribution in [2.45, 2.75) is 6.42 Å². The van der Waals surface area contributed by atoms with Gasteiger partial charge in [0.2, 0.25) is 0 Å². The highest BCUT2D eigenvalue weighted by Gasteiger charge is 2.13. The number of carbonyl (C=O) groups excluding carboxylic acids is 1. The summed E-state index contributed by atoms with van der Waals surface area (Å²) in [6.07, 6.45) is 0.144. The van der Waals surface area contributed by atoms with Crippen molar-refractivity contribution < 1.29 is 4.79 Å². The van der Waals surface area contributed by atoms with E-state index in [-0.39, 0.29) is 12.2 Å². The lowest BCUT2D eigenvalue weighted by Crippen LogP contribution is -2.07. The molecule has 5 heteroatoms. The van der Waals surface area contributed by atoms with Gasteiger partial charge in [0.05, 0.1) is 10.0 Å². The van der Waals surface area contributed by atoms with Crippen molar-refractivity contribution in [3.63, 3.8) is 0 Å². The zero-order chi connectivity index (χ0) is 14.0. The number of hydrogen-bond acceptors (Lipinski definition) is 2. The third-order valence-electron chi connectivity index (χ3n) is 2.70. The molecule has 2 aromatic carbocycles. The van der Waals surface area contributed by atoms with Crippen LogP contribution in [0.2, 0.25) is 15.1 Å². The molecule has 0 saturated heterocycles. The zero-order valence-corrected chi connectivity index (χ0v) is 12.1. The third-order valence-corrected chi connectivity index (χ3v) is 3.79. The van der Waals surface area contributed by atoms with E-state index in [1.807, 2.05) is 0 Å². The van der Waals surface area contributed by atoms with E-state index in [9.17, 15) is 4.79 Å². The van der Waals surface area contributed by atoms with Crippen LogP contribution >= 0.6 is 34.8 Å². The summed E-state index contributed by atoms with van der Waals surface area (Å²) < 4.78 is 0. The van der Waals surface area contributed by atoms with Crippen LogP contribution in [0.1, 0.15) is 15.9 Å². The van der Waals surface area contributed by atoms with Crippen molar-refractivity contribution in [3.8, 4) is 0 Å². The zero-order valence-electron chi connectivity index (χ0n) is 9.79. The number of carbonyl (C=O) groups is 1. The Hall–Kier alpha value is -1.22. The number of hydrogen-bond donors (Lipinski definition) is 1. The lowest BCUT2D eigenvalue weighted by atomic mass is 10.0. The van der Waals surface area contributed by atoms with Crippen LogP contribution in [0, 0.1) is 0 Å². The van der Waals surface area contributed by atoms with Crippen molar-refractivity contribution in [1.82, 2.24) is 0 Å². The van der Waals surface area contributed by atoms with Gasteiger partial charge in [0.15, 0.2) is 5.78 Å². The quantitative estimate of drug-likeness (QED) is 0.661. The van der Waals surface area contributed by atoms with Gasteiger partial charge in [0.1, 0.15) is 0 Å². The molecule has 0 fully saturated rings. The second-order valence-electron chi connectivity index (χ2n) is 4.04. The molecule has 0 aliphatic rings. The highest BCUT2D eigenvalue weighted by Crippen LogP contribution is 2.27. The number of halogens is 3. The van der Waals surface area contributed by atoms with E-state index < -0.39 is 0 Å². The standard InChI is InChI=1S/C14H10Cl3NO/c15-9-4-5-10(12(18)7-9)13(19)6-8-2-1-3-11(16)14(8)17/h1-5,7H,6,18H2. The van der Waals surface area contributed by atoms with Crippen molar-refractivity contribution in [2.24, 2.45) is 0 Å². The van der Waals surface area contributed by atoms with Gasteiger partial charge in [-0.05, 0) is 29.8 Å². The van der Waals surface area contributed by atoms with Crippen LogP contribution in [0.4, 0.5) is 5.69 Å². The van der Waals surface area contributed by atoms with Crippen molar-refractivity contribution >= 4 is 46.3 Å². The molecule has 0 unspecified atom stereocenters. The second kappa shape index (κ2) is 5.83. The van der Waals surface area contributed by atoms with Gasteiger partial charge >= 0.3 is 0 Å². The predicted molar refractivity (Wildman–Crippen MR) is 80.4 cm³/mol. The van der Waals surface area contributed by atoms with Crippen LogP contribution in [-0.4, -0.2) is 5.78 Å². The molecule has 0 radical (unpaired) electrons. The fourth-order valence-electron chi connectivity index (χ4n) is 1.74. The molecular weight excluding hydrogens is 305 g/mol. The van der Waals surface area contributed by atoms with Gasteiger partial charge in [-0.3, -0.25) is 4.79 Å². The Labute approximate surface area is 126 Å². The number of nitrogens with two attached hydrogens (primary N) is 1. The number of Topliss-reactive ketones (excluding diaryl/α,β-unsaturated/α-hetero) is 1. The predicted octanol–water partition coefficient (Wildman–Crippen LogP) is 4.65. The maximum Gasteiger partial charge on any atom is 0.169 e. The van der Waals surface area contributed by atoms with E-state index in [0.717, 1.165) is 0 Å². The van der Waals surface area contributed by atoms with Crippen LogP contribution in [0.5, 0.6) is 0 Å². The van der Waals surface area contributed by atoms with Crippen LogP contribution in [0.25, 0.3) is 0 Å². The van der Waals surface area contributed by atoms with Gasteiger partial charge in [-0.1, -0.05) is 46.9 Å². The van der Waals surface area contributed by atoms with E-state index in [0.29, 0.717) is 31.9 Å². The summed E-state index contributed by atoms with van der Waals surface area (Å²) in [6, 6.07) is 9.98. The van der Waals surface area contributed by atoms with E-state index in [2.05, 4.69) is 0 Å². The minimum absolute atomic E-state index is 0.127. The first-order valence-electron chi connectivity index (χ1n) is 5.50. The summed E-state index contributed by atoms with van der Waals surface area (Å²) in [5.41, 5.74) is 7.24. The molecule has 0 atom stereocenters. The van der Waals surface area contributed by atoms with Crippen molar-refractivity contribution in [1.29, 1.82) is 0 Å². The fraction of sp³-hybridized carbons (Fsp3) is 0.0714. The van der Waals surface area contributed by atoms with Crippen LogP contribution in [-0.2, 0) is 6.42 Å². The minimum Gasteiger partial charge on any atom is -0.398 e. The molecule has 2 nitrogen and oxygen atoms in total. The van der Waals surface area contributed by atoms with Crippen molar-refractivity contribution in [3.05, 3.63) is 62.6 Å². The molecule has 2 N–H and O–H groups in total. The molecule has 0 aliphatic heterocycles. The summed E-state index contributed by atoms with van der Waals surface area (Å²) in [5.74, 6) is -0.127. The van der Waals surface area contributed by atoms with Gasteiger partial charge < -0.3 is 5.73 Å². The van der Waals surface area contributed by atoms with Gasteiger partial charge in [-0.25, -0.2) is 0 Å². The molecule has 0 bridgehead atoms. The molecule has 0 spiro atoms. The highest BCUT2D eigenvalue weighted by molar-refractivity contribution is 6.42. The van der Waals surface area contributed by atoms with Gasteiger partial charge in [0.25, 0.3) is 0 Å². The second-order valence-corrected chi connectivity index (χ2v) is 5.27. The van der Waals surface area contributed by atoms with Gasteiger partial charge in [0, 0.05) is 22.7 Å². The topological polar surface area (TPSA) is 43.1 Å². The van der Waals surface area contributed by atoms with Crippen molar-refractivity contribution in [2.75, 3.05) is 5.73 Å². The summed E-state index contributed by atoms with van der Waals surface area (Å²) >= 11 is 17.8. The lowest BCUT2D eigenvalue weighted by molar-refractivity contribution is 0.0994. The molecule has 2 aromatic rings. The largest absolute Gasteiger partial charge is 0.398 e. The number of rotatable bonds is 3. The van der Waals surface area contributed by atoms with E-state index in [4.69, 9.17) is 40.5 Å². The number of anilines is 1. The van der Waals surface area contributed by atoms with Crippen LogP contribution < -0.4 is 5.73 Å². The lowest BCUT2D eigenvalue weighted by Gasteiger charge is -2.07. The first kappa shape index (κ1) is 14.2. The first-order valence-corrected chi connectivity index (χ1v) is 6.63. The summed E-state index contributed by atoms with van der Waals surface area (Å²) in [7, 11) is 0. The van der Waals surface area contributed by atoms with E-state index >= 15 is 0 Å². The number of benzene rings is 2. The Morgan fingerprint density at radius 3 is 2.53 bits per heavy atom. The Morgan fingerprint density at radius 2 is 1.84 bits per heavy atom. The summed E-state index contributed by atoms with van der Waals surface area (Å²) in [6.45, 7) is 0.